The first-order valence-electron chi connectivity index (χ1n) is 8.47. The SMILES string of the molecule is COc1ccc2c(c1)N(Cc1ccccc1)S(=O)(=O)c1cc(OC)ccc1-2. The van der Waals surface area contributed by atoms with Crippen LogP contribution in [0.25, 0.3) is 11.1 Å². The Kier molecular flexibility index (Phi) is 4.28. The van der Waals surface area contributed by atoms with Crippen LogP contribution < -0.4 is 13.8 Å². The van der Waals surface area contributed by atoms with E-state index in [-0.39, 0.29) is 11.4 Å². The van der Waals surface area contributed by atoms with Crippen LogP contribution in [0.5, 0.6) is 11.5 Å². The molecule has 0 amide bonds. The van der Waals surface area contributed by atoms with Gasteiger partial charge in [-0.2, -0.15) is 0 Å². The van der Waals surface area contributed by atoms with Gasteiger partial charge in [0.25, 0.3) is 10.0 Å². The van der Waals surface area contributed by atoms with Crippen LogP contribution in [-0.2, 0) is 16.6 Å². The van der Waals surface area contributed by atoms with Crippen molar-refractivity contribution in [1.29, 1.82) is 0 Å². The van der Waals surface area contributed by atoms with Crippen LogP contribution in [-0.4, -0.2) is 22.6 Å². The molecule has 4 rings (SSSR count). The standard InChI is InChI=1S/C21H19NO4S/c1-25-16-8-10-18-19-11-9-17(26-2)13-21(19)27(23,24)22(20(18)12-16)14-15-6-4-3-5-7-15/h3-13H,14H2,1-2H3. The van der Waals surface area contributed by atoms with Crippen molar-refractivity contribution in [3.63, 3.8) is 0 Å². The fourth-order valence-corrected chi connectivity index (χ4v) is 4.99. The van der Waals surface area contributed by atoms with Gasteiger partial charge in [0.2, 0.25) is 0 Å². The topological polar surface area (TPSA) is 55.8 Å². The number of ether oxygens (including phenoxy) is 2. The minimum absolute atomic E-state index is 0.236. The van der Waals surface area contributed by atoms with Crippen molar-refractivity contribution in [1.82, 2.24) is 0 Å². The van der Waals surface area contributed by atoms with Gasteiger partial charge in [-0.05, 0) is 29.8 Å². The number of hydrogen-bond donors (Lipinski definition) is 0. The summed E-state index contributed by atoms with van der Waals surface area (Å²) in [5.74, 6) is 1.12. The third-order valence-electron chi connectivity index (χ3n) is 4.69. The molecule has 0 bridgehead atoms. The lowest BCUT2D eigenvalue weighted by Gasteiger charge is -2.32. The van der Waals surface area contributed by atoms with Crippen molar-refractivity contribution >= 4 is 15.7 Å². The summed E-state index contributed by atoms with van der Waals surface area (Å²) < 4.78 is 38.9. The smallest absolute Gasteiger partial charge is 0.265 e. The van der Waals surface area contributed by atoms with Gasteiger partial charge in [-0.15, -0.1) is 0 Å². The van der Waals surface area contributed by atoms with Crippen LogP contribution >= 0.6 is 0 Å². The molecule has 0 aromatic heterocycles. The number of benzene rings is 3. The summed E-state index contributed by atoms with van der Waals surface area (Å²) in [5.41, 5.74) is 3.02. The van der Waals surface area contributed by atoms with Crippen molar-refractivity contribution in [2.75, 3.05) is 18.5 Å². The molecule has 0 saturated heterocycles. The zero-order chi connectivity index (χ0) is 19.0. The second-order valence-electron chi connectivity index (χ2n) is 6.24. The molecule has 0 N–H and O–H groups in total. The molecular weight excluding hydrogens is 362 g/mol. The van der Waals surface area contributed by atoms with Gasteiger partial charge in [-0.3, -0.25) is 4.31 Å². The number of sulfonamides is 1. The molecule has 3 aromatic rings. The molecule has 138 valence electrons. The second-order valence-corrected chi connectivity index (χ2v) is 8.07. The summed E-state index contributed by atoms with van der Waals surface area (Å²) in [4.78, 5) is 0.246. The van der Waals surface area contributed by atoms with E-state index in [0.29, 0.717) is 22.7 Å². The molecule has 3 aromatic carbocycles. The average molecular weight is 381 g/mol. The fourth-order valence-electron chi connectivity index (χ4n) is 3.31. The molecule has 5 nitrogen and oxygen atoms in total. The Bertz CT molecular complexity index is 1090. The lowest BCUT2D eigenvalue weighted by molar-refractivity contribution is 0.413. The van der Waals surface area contributed by atoms with Crippen molar-refractivity contribution < 1.29 is 17.9 Å². The molecule has 1 heterocycles. The molecule has 0 radical (unpaired) electrons. The van der Waals surface area contributed by atoms with Gasteiger partial charge in [-0.25, -0.2) is 8.42 Å². The van der Waals surface area contributed by atoms with Crippen LogP contribution in [0, 0.1) is 0 Å². The van der Waals surface area contributed by atoms with Gasteiger partial charge in [0, 0.05) is 23.3 Å². The largest absolute Gasteiger partial charge is 0.497 e. The maximum absolute atomic E-state index is 13.5. The molecule has 27 heavy (non-hydrogen) atoms. The molecule has 0 fully saturated rings. The Morgan fingerprint density at radius 2 is 1.44 bits per heavy atom. The van der Waals surface area contributed by atoms with Crippen molar-refractivity contribution in [2.45, 2.75) is 11.4 Å². The quantitative estimate of drug-likeness (QED) is 0.683. The Labute approximate surface area is 158 Å². The maximum atomic E-state index is 13.5. The van der Waals surface area contributed by atoms with Gasteiger partial charge in [0.05, 0.1) is 31.3 Å². The summed E-state index contributed by atoms with van der Waals surface area (Å²) in [6.07, 6.45) is 0. The van der Waals surface area contributed by atoms with Gasteiger partial charge in [-0.1, -0.05) is 30.3 Å². The predicted molar refractivity (Wildman–Crippen MR) is 105 cm³/mol. The van der Waals surface area contributed by atoms with Gasteiger partial charge in [0.1, 0.15) is 11.5 Å². The first kappa shape index (κ1) is 17.4. The highest BCUT2D eigenvalue weighted by Crippen LogP contribution is 2.46. The van der Waals surface area contributed by atoms with E-state index >= 15 is 0 Å². The number of anilines is 1. The highest BCUT2D eigenvalue weighted by Gasteiger charge is 2.35. The third kappa shape index (κ3) is 2.92. The highest BCUT2D eigenvalue weighted by molar-refractivity contribution is 7.93. The Hall–Kier alpha value is -2.99. The third-order valence-corrected chi connectivity index (χ3v) is 6.49. The first-order valence-corrected chi connectivity index (χ1v) is 9.91. The summed E-state index contributed by atoms with van der Waals surface area (Å²) in [6, 6.07) is 20.2. The summed E-state index contributed by atoms with van der Waals surface area (Å²) in [7, 11) is -0.660. The lowest BCUT2D eigenvalue weighted by Crippen LogP contribution is -2.33. The summed E-state index contributed by atoms with van der Waals surface area (Å²) >= 11 is 0. The monoisotopic (exact) mass is 381 g/mol. The van der Waals surface area contributed by atoms with Crippen molar-refractivity contribution in [2.24, 2.45) is 0 Å². The van der Waals surface area contributed by atoms with Crippen LogP contribution in [0.2, 0.25) is 0 Å². The normalized spacial score (nSPS) is 14.2. The van der Waals surface area contributed by atoms with Crippen molar-refractivity contribution in [3.8, 4) is 22.6 Å². The molecule has 6 heteroatoms. The van der Waals surface area contributed by atoms with E-state index in [2.05, 4.69) is 0 Å². The van der Waals surface area contributed by atoms with Gasteiger partial charge < -0.3 is 9.47 Å². The molecule has 0 saturated carbocycles. The zero-order valence-electron chi connectivity index (χ0n) is 15.0. The maximum Gasteiger partial charge on any atom is 0.265 e. The van der Waals surface area contributed by atoms with Gasteiger partial charge >= 0.3 is 0 Å². The number of methoxy groups -OCH3 is 2. The minimum atomic E-state index is -3.75. The van der Waals surface area contributed by atoms with Crippen LogP contribution in [0.3, 0.4) is 0 Å². The van der Waals surface area contributed by atoms with E-state index in [4.69, 9.17) is 9.47 Å². The zero-order valence-corrected chi connectivity index (χ0v) is 15.9. The molecule has 0 aliphatic carbocycles. The van der Waals surface area contributed by atoms with Crippen molar-refractivity contribution in [3.05, 3.63) is 72.3 Å². The Balaban J connectivity index is 1.95. The van der Waals surface area contributed by atoms with E-state index in [9.17, 15) is 8.42 Å². The predicted octanol–water partition coefficient (Wildman–Crippen LogP) is 4.08. The Morgan fingerprint density at radius 1 is 0.815 bits per heavy atom. The number of rotatable bonds is 4. The molecular formula is C21H19NO4S. The minimum Gasteiger partial charge on any atom is -0.497 e. The molecule has 0 atom stereocenters. The lowest BCUT2D eigenvalue weighted by atomic mass is 10.0. The van der Waals surface area contributed by atoms with E-state index in [1.54, 1.807) is 31.4 Å². The van der Waals surface area contributed by atoms with Gasteiger partial charge in [0.15, 0.2) is 0 Å². The molecule has 1 aliphatic heterocycles. The molecule has 1 aliphatic rings. The first-order chi connectivity index (χ1) is 13.0. The fraction of sp³-hybridized carbons (Fsp3) is 0.143. The number of nitrogens with zero attached hydrogens (tertiary/aromatic N) is 1. The van der Waals surface area contributed by atoms with E-state index < -0.39 is 10.0 Å². The van der Waals surface area contributed by atoms with Crippen LogP contribution in [0.1, 0.15) is 5.56 Å². The summed E-state index contributed by atoms with van der Waals surface area (Å²) in [5, 5.41) is 0. The van der Waals surface area contributed by atoms with E-state index in [1.807, 2.05) is 42.5 Å². The van der Waals surface area contributed by atoms with Crippen LogP contribution in [0.15, 0.2) is 71.6 Å². The second kappa shape index (κ2) is 6.63. The number of fused-ring (bicyclic) bond motifs is 3. The molecule has 0 unspecified atom stereocenters. The summed E-state index contributed by atoms with van der Waals surface area (Å²) in [6.45, 7) is 0.236. The van der Waals surface area contributed by atoms with E-state index in [0.717, 1.165) is 11.1 Å². The average Bonchev–Trinajstić information content (AvgIpc) is 2.71. The highest BCUT2D eigenvalue weighted by atomic mass is 32.2. The molecule has 0 spiro atoms. The Morgan fingerprint density at radius 3 is 2.11 bits per heavy atom. The number of hydrogen-bond acceptors (Lipinski definition) is 4. The van der Waals surface area contributed by atoms with Crippen LogP contribution in [0.4, 0.5) is 5.69 Å². The van der Waals surface area contributed by atoms with E-state index in [1.165, 1.54) is 11.4 Å².